The summed E-state index contributed by atoms with van der Waals surface area (Å²) in [7, 11) is 0. The third-order valence-corrected chi connectivity index (χ3v) is 5.71. The molecule has 0 aromatic heterocycles. The van der Waals surface area contributed by atoms with E-state index in [1.165, 1.54) is 4.90 Å². The second kappa shape index (κ2) is 9.86. The zero-order valence-electron chi connectivity index (χ0n) is 16.9. The number of hydrogen-bond acceptors (Lipinski definition) is 4. The Balaban J connectivity index is 1.46. The minimum atomic E-state index is -1.17. The van der Waals surface area contributed by atoms with E-state index in [-0.39, 0.29) is 18.6 Å². The van der Waals surface area contributed by atoms with Crippen LogP contribution in [0.2, 0.25) is 5.02 Å². The number of carboxylic acid groups (broad SMARTS) is 1. The number of para-hydroxylation sites is 1. The summed E-state index contributed by atoms with van der Waals surface area (Å²) in [6.45, 7) is 1.05. The van der Waals surface area contributed by atoms with Crippen LogP contribution in [0, 0.1) is 0 Å². The first kappa shape index (κ1) is 21.2. The largest absolute Gasteiger partial charge is 0.530 e. The van der Waals surface area contributed by atoms with Crippen molar-refractivity contribution in [2.45, 2.75) is 25.0 Å². The Hall–Kier alpha value is -3.02. The Morgan fingerprint density at radius 2 is 1.74 bits per heavy atom. The minimum Gasteiger partial charge on any atom is -0.530 e. The van der Waals surface area contributed by atoms with Crippen LogP contribution in [-0.4, -0.2) is 30.2 Å². The fraction of sp³-hybridized carbons (Fsp3) is 0.240. The quantitative estimate of drug-likeness (QED) is 0.554. The summed E-state index contributed by atoms with van der Waals surface area (Å²) in [6, 6.07) is 25.0. The number of carbonyl (C=O) groups excluding carboxylic acids is 1. The lowest BCUT2D eigenvalue weighted by Crippen LogP contribution is -2.51. The highest BCUT2D eigenvalue weighted by atomic mass is 35.5. The number of benzene rings is 3. The predicted octanol–water partition coefficient (Wildman–Crippen LogP) is 4.85. The maximum atomic E-state index is 11.4. The van der Waals surface area contributed by atoms with Gasteiger partial charge >= 0.3 is 0 Å². The van der Waals surface area contributed by atoms with Crippen LogP contribution in [0.3, 0.4) is 0 Å². The van der Waals surface area contributed by atoms with E-state index in [1.807, 2.05) is 78.9 Å². The summed E-state index contributed by atoms with van der Waals surface area (Å²) < 4.78 is 12.1. The van der Waals surface area contributed by atoms with Gasteiger partial charge in [0, 0.05) is 24.0 Å². The molecule has 3 aromatic carbocycles. The Morgan fingerprint density at radius 1 is 1.00 bits per heavy atom. The highest BCUT2D eigenvalue weighted by molar-refractivity contribution is 6.30. The number of likely N-dealkylation sites (tertiary alicyclic amines) is 1. The Bertz CT molecular complexity index is 1010. The predicted molar refractivity (Wildman–Crippen MR) is 117 cm³/mol. The van der Waals surface area contributed by atoms with Crippen LogP contribution in [0.4, 0.5) is 4.79 Å². The van der Waals surface area contributed by atoms with Gasteiger partial charge in [-0.2, -0.15) is 0 Å². The summed E-state index contributed by atoms with van der Waals surface area (Å²) in [5, 5.41) is 12.1. The molecule has 1 aliphatic rings. The molecule has 3 aromatic rings. The van der Waals surface area contributed by atoms with Gasteiger partial charge < -0.3 is 24.3 Å². The summed E-state index contributed by atoms with van der Waals surface area (Å²) in [4.78, 5) is 12.7. The zero-order valence-corrected chi connectivity index (χ0v) is 17.7. The topological polar surface area (TPSA) is 61.8 Å². The van der Waals surface area contributed by atoms with Gasteiger partial charge in [-0.3, -0.25) is 0 Å². The summed E-state index contributed by atoms with van der Waals surface area (Å²) in [5.41, 5.74) is 2.04. The molecule has 31 heavy (non-hydrogen) atoms. The molecule has 2 unspecified atom stereocenters. The number of halogens is 1. The Labute approximate surface area is 186 Å². The molecule has 0 radical (unpaired) electrons. The van der Waals surface area contributed by atoms with Gasteiger partial charge in [0.1, 0.15) is 17.6 Å². The average Bonchev–Trinajstić information content (AvgIpc) is 2.79. The molecule has 0 N–H and O–H groups in total. The van der Waals surface area contributed by atoms with E-state index in [2.05, 4.69) is 0 Å². The Kier molecular flexibility index (Phi) is 6.75. The molecule has 6 heteroatoms. The molecular formula is C25H23ClNO4-. The van der Waals surface area contributed by atoms with E-state index in [4.69, 9.17) is 21.1 Å². The number of amides is 1. The zero-order chi connectivity index (χ0) is 21.6. The number of carbonyl (C=O) groups is 1. The van der Waals surface area contributed by atoms with E-state index in [9.17, 15) is 9.90 Å². The fourth-order valence-electron chi connectivity index (χ4n) is 3.87. The van der Waals surface area contributed by atoms with Gasteiger partial charge in [0.15, 0.2) is 0 Å². The SMILES string of the molecule is O=C([O-])N1CCC(c2ccc(Cl)cc2)C(OCc2cccc(Oc3ccccc3)c2)C1. The average molecular weight is 437 g/mol. The second-order valence-corrected chi connectivity index (χ2v) is 8.01. The van der Waals surface area contributed by atoms with E-state index in [1.54, 1.807) is 0 Å². The number of ether oxygens (including phenoxy) is 2. The van der Waals surface area contributed by atoms with Crippen molar-refractivity contribution in [1.29, 1.82) is 0 Å². The molecule has 0 spiro atoms. The van der Waals surface area contributed by atoms with E-state index in [0.717, 1.165) is 22.6 Å². The molecule has 1 fully saturated rings. The Morgan fingerprint density at radius 3 is 2.48 bits per heavy atom. The third-order valence-electron chi connectivity index (χ3n) is 5.46. The summed E-state index contributed by atoms with van der Waals surface area (Å²) in [5.74, 6) is 1.57. The fourth-order valence-corrected chi connectivity index (χ4v) is 4.00. The maximum absolute atomic E-state index is 11.4. The van der Waals surface area contributed by atoms with Crippen LogP contribution in [0.25, 0.3) is 0 Å². The van der Waals surface area contributed by atoms with Crippen molar-refractivity contribution in [3.8, 4) is 11.5 Å². The van der Waals surface area contributed by atoms with Crippen LogP contribution in [0.5, 0.6) is 11.5 Å². The second-order valence-electron chi connectivity index (χ2n) is 7.57. The molecule has 1 saturated heterocycles. The van der Waals surface area contributed by atoms with Crippen LogP contribution in [0.1, 0.15) is 23.5 Å². The van der Waals surface area contributed by atoms with Crippen molar-refractivity contribution < 1.29 is 19.4 Å². The van der Waals surface area contributed by atoms with Crippen LogP contribution >= 0.6 is 11.6 Å². The van der Waals surface area contributed by atoms with Crippen molar-refractivity contribution >= 4 is 17.7 Å². The first-order valence-electron chi connectivity index (χ1n) is 10.2. The highest BCUT2D eigenvalue weighted by Crippen LogP contribution is 2.32. The molecule has 0 bridgehead atoms. The lowest BCUT2D eigenvalue weighted by atomic mass is 9.87. The normalized spacial score (nSPS) is 18.5. The highest BCUT2D eigenvalue weighted by Gasteiger charge is 2.31. The van der Waals surface area contributed by atoms with Crippen molar-refractivity contribution in [1.82, 2.24) is 4.90 Å². The summed E-state index contributed by atoms with van der Waals surface area (Å²) in [6.07, 6.45) is -0.787. The molecule has 1 aliphatic heterocycles. The van der Waals surface area contributed by atoms with Gasteiger partial charge in [-0.05, 0) is 53.9 Å². The number of piperidine rings is 1. The van der Waals surface area contributed by atoms with Crippen molar-refractivity contribution in [2.24, 2.45) is 0 Å². The number of rotatable bonds is 6. The van der Waals surface area contributed by atoms with Gasteiger partial charge in [-0.15, -0.1) is 0 Å². The van der Waals surface area contributed by atoms with Crippen LogP contribution in [-0.2, 0) is 11.3 Å². The lowest BCUT2D eigenvalue weighted by molar-refractivity contribution is -0.268. The van der Waals surface area contributed by atoms with Gasteiger partial charge in [0.25, 0.3) is 0 Å². The molecule has 1 amide bonds. The smallest absolute Gasteiger partial charge is 0.137 e. The maximum Gasteiger partial charge on any atom is 0.137 e. The van der Waals surface area contributed by atoms with Crippen molar-refractivity contribution in [3.63, 3.8) is 0 Å². The monoisotopic (exact) mass is 436 g/mol. The molecule has 1 heterocycles. The van der Waals surface area contributed by atoms with Gasteiger partial charge in [0.2, 0.25) is 0 Å². The first-order valence-corrected chi connectivity index (χ1v) is 10.6. The molecule has 160 valence electrons. The van der Waals surface area contributed by atoms with Gasteiger partial charge in [-0.25, -0.2) is 0 Å². The van der Waals surface area contributed by atoms with Crippen molar-refractivity contribution in [2.75, 3.05) is 13.1 Å². The molecule has 0 aliphatic carbocycles. The molecule has 0 saturated carbocycles. The van der Waals surface area contributed by atoms with Crippen molar-refractivity contribution in [3.05, 3.63) is 95.0 Å². The van der Waals surface area contributed by atoms with E-state index < -0.39 is 6.09 Å². The molecule has 5 nitrogen and oxygen atoms in total. The number of nitrogens with zero attached hydrogens (tertiary/aromatic N) is 1. The van der Waals surface area contributed by atoms with Crippen LogP contribution < -0.4 is 9.84 Å². The third kappa shape index (κ3) is 5.57. The molecule has 2 atom stereocenters. The lowest BCUT2D eigenvalue weighted by Gasteiger charge is -2.40. The standard InChI is InChI=1S/C25H24ClNO4/c26-20-11-9-19(10-12-20)23-13-14-27(25(28)29)16-24(23)30-17-18-5-4-8-22(15-18)31-21-6-2-1-3-7-21/h1-12,15,23-24H,13-14,16-17H2,(H,28,29)/p-1. The van der Waals surface area contributed by atoms with Gasteiger partial charge in [0.05, 0.1) is 12.7 Å². The first-order chi connectivity index (χ1) is 15.1. The minimum absolute atomic E-state index is 0.0802. The number of hydrogen-bond donors (Lipinski definition) is 0. The summed E-state index contributed by atoms with van der Waals surface area (Å²) >= 11 is 6.03. The van der Waals surface area contributed by atoms with E-state index >= 15 is 0 Å². The van der Waals surface area contributed by atoms with Gasteiger partial charge in [-0.1, -0.05) is 54.1 Å². The van der Waals surface area contributed by atoms with E-state index in [0.29, 0.717) is 24.6 Å². The molecule has 4 rings (SSSR count). The van der Waals surface area contributed by atoms with Crippen LogP contribution in [0.15, 0.2) is 78.9 Å². The molecular weight excluding hydrogens is 414 g/mol.